The van der Waals surface area contributed by atoms with Crippen molar-refractivity contribution in [3.63, 3.8) is 0 Å². The van der Waals surface area contributed by atoms with Crippen LogP contribution in [0.1, 0.15) is 44.2 Å². The Morgan fingerprint density at radius 3 is 2.67 bits per heavy atom. The van der Waals surface area contributed by atoms with Crippen molar-refractivity contribution in [2.75, 3.05) is 26.3 Å². The Kier molecular flexibility index (Phi) is 9.94. The van der Waals surface area contributed by atoms with Gasteiger partial charge in [0.2, 0.25) is 5.91 Å². The van der Waals surface area contributed by atoms with Crippen molar-refractivity contribution in [1.29, 1.82) is 0 Å². The smallest absolute Gasteiger partial charge is 0.221 e. The molecule has 0 spiro atoms. The monoisotopic (exact) mass is 477 g/mol. The summed E-state index contributed by atoms with van der Waals surface area (Å²) < 4.78 is 27.0. The highest BCUT2D eigenvalue weighted by Gasteiger charge is 2.27. The van der Waals surface area contributed by atoms with Gasteiger partial charge in [-0.05, 0) is 50.3 Å². The lowest BCUT2D eigenvalue weighted by atomic mass is 9.88. The second-order valence-corrected chi connectivity index (χ2v) is 8.86. The molecule has 180 valence electrons. The molecule has 0 saturated carbocycles. The summed E-state index contributed by atoms with van der Waals surface area (Å²) in [5.74, 6) is 0.329. The van der Waals surface area contributed by atoms with Gasteiger partial charge in [0, 0.05) is 50.4 Å². The molecule has 1 unspecified atom stereocenters. The normalized spacial score (nSPS) is 16.2. The Morgan fingerprint density at radius 1 is 1.24 bits per heavy atom. The highest BCUT2D eigenvalue weighted by Crippen LogP contribution is 2.38. The number of benzene rings is 2. The van der Waals surface area contributed by atoms with Gasteiger partial charge >= 0.3 is 0 Å². The first-order chi connectivity index (χ1) is 16.0. The Bertz CT molecular complexity index is 894. The first kappa shape index (κ1) is 25.4. The van der Waals surface area contributed by atoms with Gasteiger partial charge in [0.15, 0.2) is 11.6 Å². The van der Waals surface area contributed by atoms with Crippen molar-refractivity contribution < 1.29 is 18.7 Å². The Morgan fingerprint density at radius 2 is 1.97 bits per heavy atom. The van der Waals surface area contributed by atoms with Crippen molar-refractivity contribution in [2.24, 2.45) is 11.7 Å². The minimum atomic E-state index is -0.490. The lowest BCUT2D eigenvalue weighted by Gasteiger charge is -2.30. The zero-order valence-electron chi connectivity index (χ0n) is 19.0. The van der Waals surface area contributed by atoms with E-state index < -0.39 is 5.82 Å². The first-order valence-electron chi connectivity index (χ1n) is 11.5. The van der Waals surface area contributed by atoms with Crippen LogP contribution in [-0.2, 0) is 9.53 Å². The predicted octanol–water partition coefficient (Wildman–Crippen LogP) is 4.57. The molecule has 3 rings (SSSR count). The second-order valence-electron chi connectivity index (χ2n) is 8.45. The second kappa shape index (κ2) is 12.9. The van der Waals surface area contributed by atoms with Gasteiger partial charge in [0.05, 0.1) is 5.02 Å². The van der Waals surface area contributed by atoms with Gasteiger partial charge in [-0.3, -0.25) is 4.79 Å². The van der Waals surface area contributed by atoms with E-state index in [1.54, 1.807) is 24.3 Å². The van der Waals surface area contributed by atoms with E-state index in [2.05, 4.69) is 10.6 Å². The molecular formula is C25H33ClFN3O3. The summed E-state index contributed by atoms with van der Waals surface area (Å²) in [7, 11) is 0. The molecule has 8 heteroatoms. The summed E-state index contributed by atoms with van der Waals surface area (Å²) in [6, 6.07) is 11.9. The van der Waals surface area contributed by atoms with Crippen LogP contribution in [0.25, 0.3) is 0 Å². The molecule has 1 aliphatic heterocycles. The third-order valence-electron chi connectivity index (χ3n) is 5.77. The fourth-order valence-corrected chi connectivity index (χ4v) is 4.27. The van der Waals surface area contributed by atoms with Crippen molar-refractivity contribution in [3.8, 4) is 11.5 Å². The summed E-state index contributed by atoms with van der Waals surface area (Å²) in [6.45, 7) is 4.16. The van der Waals surface area contributed by atoms with E-state index in [9.17, 15) is 4.79 Å². The van der Waals surface area contributed by atoms with Gasteiger partial charge in [-0.25, -0.2) is 4.39 Å². The topological polar surface area (TPSA) is 85.6 Å². The number of halogens is 2. The minimum absolute atomic E-state index is 0.00693. The Hall–Kier alpha value is -2.19. The van der Waals surface area contributed by atoms with Crippen LogP contribution in [0.3, 0.4) is 0 Å². The Labute approximate surface area is 200 Å². The van der Waals surface area contributed by atoms with E-state index in [0.717, 1.165) is 19.3 Å². The maximum Gasteiger partial charge on any atom is 0.221 e. The lowest BCUT2D eigenvalue weighted by Crippen LogP contribution is -2.38. The van der Waals surface area contributed by atoms with Crippen LogP contribution >= 0.6 is 11.6 Å². The van der Waals surface area contributed by atoms with Crippen molar-refractivity contribution in [3.05, 3.63) is 58.9 Å². The van der Waals surface area contributed by atoms with E-state index in [4.69, 9.17) is 26.8 Å². The molecule has 1 fully saturated rings. The van der Waals surface area contributed by atoms with Crippen molar-refractivity contribution in [2.45, 2.75) is 44.7 Å². The molecule has 0 radical (unpaired) electrons. The maximum atomic E-state index is 15.7. The van der Waals surface area contributed by atoms with E-state index in [0.29, 0.717) is 43.5 Å². The van der Waals surface area contributed by atoms with E-state index in [-0.39, 0.29) is 35.2 Å². The largest absolute Gasteiger partial charge is 0.453 e. The number of nitrogens with one attached hydrogen (secondary N) is 2. The van der Waals surface area contributed by atoms with Crippen LogP contribution in [0.15, 0.2) is 42.5 Å². The number of rotatable bonds is 11. The fourth-order valence-electron chi connectivity index (χ4n) is 4.08. The first-order valence-corrected chi connectivity index (χ1v) is 11.9. The fraction of sp³-hybridized carbons (Fsp3) is 0.480. The minimum Gasteiger partial charge on any atom is -0.453 e. The number of nitrogens with two attached hydrogens (primary N) is 1. The molecule has 4 N–H and O–H groups in total. The molecule has 6 nitrogen and oxygen atoms in total. The standard InChI is InChI=1S/C25H33ClFN3O3/c1-17(15-23(31)29-12-11-28)30-22(16-18-9-13-32-14-10-18)20-7-8-21(26)25(24(20)27)33-19-5-3-2-4-6-19/h2-8,17-18,22,30H,9-16,28H2,1H3,(H,29,31)/t17?,22-/m1/s1. The molecule has 0 bridgehead atoms. The number of amides is 1. The number of carbonyl (C=O) groups excluding carboxylic acids is 1. The predicted molar refractivity (Wildman–Crippen MR) is 128 cm³/mol. The average molecular weight is 478 g/mol. The molecule has 1 saturated heterocycles. The number of para-hydroxylation sites is 1. The summed E-state index contributed by atoms with van der Waals surface area (Å²) in [5, 5.41) is 6.46. The number of hydrogen-bond acceptors (Lipinski definition) is 5. The van der Waals surface area contributed by atoms with Crippen LogP contribution < -0.4 is 21.1 Å². The third kappa shape index (κ3) is 7.67. The van der Waals surface area contributed by atoms with Gasteiger partial charge in [-0.2, -0.15) is 0 Å². The van der Waals surface area contributed by atoms with Gasteiger partial charge in [-0.15, -0.1) is 0 Å². The van der Waals surface area contributed by atoms with Gasteiger partial charge < -0.3 is 25.8 Å². The van der Waals surface area contributed by atoms with Crippen LogP contribution in [-0.4, -0.2) is 38.3 Å². The average Bonchev–Trinajstić information content (AvgIpc) is 2.81. The van der Waals surface area contributed by atoms with Crippen LogP contribution in [0.2, 0.25) is 5.02 Å². The van der Waals surface area contributed by atoms with E-state index >= 15 is 4.39 Å². The summed E-state index contributed by atoms with van der Waals surface area (Å²) >= 11 is 6.31. The molecular weight excluding hydrogens is 445 g/mol. The highest BCUT2D eigenvalue weighted by molar-refractivity contribution is 6.32. The molecule has 0 aromatic heterocycles. The number of carbonyl (C=O) groups is 1. The van der Waals surface area contributed by atoms with Gasteiger partial charge in [-0.1, -0.05) is 35.9 Å². The summed E-state index contributed by atoms with van der Waals surface area (Å²) in [5.41, 5.74) is 5.94. The zero-order chi connectivity index (χ0) is 23.6. The molecule has 1 aliphatic rings. The quantitative estimate of drug-likeness (QED) is 0.441. The zero-order valence-corrected chi connectivity index (χ0v) is 19.7. The SMILES string of the molecule is CC(CC(=O)NCCN)N[C@H](CC1CCOCC1)c1ccc(Cl)c(Oc2ccccc2)c1F. The van der Waals surface area contributed by atoms with Gasteiger partial charge in [0.1, 0.15) is 5.75 Å². The number of hydrogen-bond donors (Lipinski definition) is 3. The van der Waals surface area contributed by atoms with Crippen LogP contribution in [0.5, 0.6) is 11.5 Å². The third-order valence-corrected chi connectivity index (χ3v) is 6.07. The molecule has 0 aliphatic carbocycles. The molecule has 1 heterocycles. The maximum absolute atomic E-state index is 15.7. The van der Waals surface area contributed by atoms with E-state index in [1.807, 2.05) is 25.1 Å². The summed E-state index contributed by atoms with van der Waals surface area (Å²) in [4.78, 5) is 12.2. The van der Waals surface area contributed by atoms with Gasteiger partial charge in [0.25, 0.3) is 0 Å². The highest BCUT2D eigenvalue weighted by atomic mass is 35.5. The van der Waals surface area contributed by atoms with Crippen molar-refractivity contribution >= 4 is 17.5 Å². The molecule has 2 atom stereocenters. The Balaban J connectivity index is 1.82. The van der Waals surface area contributed by atoms with Crippen molar-refractivity contribution in [1.82, 2.24) is 10.6 Å². The lowest BCUT2D eigenvalue weighted by molar-refractivity contribution is -0.121. The van der Waals surface area contributed by atoms with Crippen LogP contribution in [0.4, 0.5) is 4.39 Å². The number of ether oxygens (including phenoxy) is 2. The molecule has 2 aromatic carbocycles. The molecule has 2 aromatic rings. The summed E-state index contributed by atoms with van der Waals surface area (Å²) in [6.07, 6.45) is 2.84. The van der Waals surface area contributed by atoms with Crippen LogP contribution in [0, 0.1) is 11.7 Å². The molecule has 33 heavy (non-hydrogen) atoms. The molecule has 1 amide bonds. The van der Waals surface area contributed by atoms with E-state index in [1.165, 1.54) is 0 Å².